The maximum atomic E-state index is 12.1. The number of ether oxygens (including phenoxy) is 2. The molecule has 124 valence electrons. The topological polar surface area (TPSA) is 76.7 Å². The highest BCUT2D eigenvalue weighted by Gasteiger charge is 2.56. The van der Waals surface area contributed by atoms with Crippen LogP contribution in [-0.2, 0) is 20.9 Å². The molecule has 1 heterocycles. The Bertz CT molecular complexity index is 592. The molecule has 0 spiro atoms. The lowest BCUT2D eigenvalue weighted by molar-refractivity contribution is -0.153. The number of carbonyl (C=O) groups excluding carboxylic acids is 2. The molecule has 1 aromatic rings. The summed E-state index contributed by atoms with van der Waals surface area (Å²) in [5.74, 6) is -0.203. The van der Waals surface area contributed by atoms with E-state index in [0.717, 1.165) is 12.0 Å². The Kier molecular flexibility index (Phi) is 4.26. The number of carbonyl (C=O) groups is 2. The van der Waals surface area contributed by atoms with Crippen molar-refractivity contribution in [3.8, 4) is 0 Å². The molecule has 1 aliphatic carbocycles. The maximum Gasteiger partial charge on any atom is 0.407 e. The second kappa shape index (κ2) is 6.20. The van der Waals surface area contributed by atoms with Gasteiger partial charge in [-0.2, -0.15) is 0 Å². The summed E-state index contributed by atoms with van der Waals surface area (Å²) in [5.41, 5.74) is -0.0165. The zero-order valence-electron chi connectivity index (χ0n) is 13.3. The quantitative estimate of drug-likeness (QED) is 0.825. The van der Waals surface area contributed by atoms with Crippen molar-refractivity contribution in [2.45, 2.75) is 31.4 Å². The van der Waals surface area contributed by atoms with Crippen LogP contribution in [0.1, 0.15) is 24.8 Å². The largest absolute Gasteiger partial charge is 0.469 e. The summed E-state index contributed by atoms with van der Waals surface area (Å²) in [6, 6.07) is 9.54. The van der Waals surface area contributed by atoms with Crippen molar-refractivity contribution in [1.82, 2.24) is 10.6 Å². The first-order valence-corrected chi connectivity index (χ1v) is 7.86. The number of alkyl carbamates (subject to hydrolysis) is 1. The highest BCUT2D eigenvalue weighted by Crippen LogP contribution is 2.47. The lowest BCUT2D eigenvalue weighted by atomic mass is 9.80. The number of hydrogen-bond acceptors (Lipinski definition) is 5. The van der Waals surface area contributed by atoms with Crippen LogP contribution in [0.3, 0.4) is 0 Å². The van der Waals surface area contributed by atoms with Gasteiger partial charge in [0.1, 0.15) is 6.61 Å². The number of rotatable bonds is 4. The molecule has 1 saturated carbocycles. The minimum Gasteiger partial charge on any atom is -0.469 e. The molecule has 2 bridgehead atoms. The number of fused-ring (bicyclic) bond motifs is 2. The molecule has 2 aliphatic rings. The van der Waals surface area contributed by atoms with Crippen molar-refractivity contribution >= 4 is 12.1 Å². The van der Waals surface area contributed by atoms with Gasteiger partial charge in [0.15, 0.2) is 0 Å². The molecule has 6 nitrogen and oxygen atoms in total. The van der Waals surface area contributed by atoms with Gasteiger partial charge >= 0.3 is 12.1 Å². The standard InChI is InChI=1S/C17H22N2O4/c1-22-14(20)16-7-8-17(10-16,12-18-11-16)19-15(21)23-9-13-5-3-2-4-6-13/h2-6,18H,7-12H2,1H3,(H,19,21). The van der Waals surface area contributed by atoms with Crippen molar-refractivity contribution in [3.63, 3.8) is 0 Å². The number of amides is 1. The minimum absolute atomic E-state index is 0.203. The molecule has 1 amide bonds. The van der Waals surface area contributed by atoms with Crippen LogP contribution in [0.2, 0.25) is 0 Å². The first-order valence-electron chi connectivity index (χ1n) is 7.86. The van der Waals surface area contributed by atoms with Gasteiger partial charge in [-0.05, 0) is 24.8 Å². The number of piperidine rings is 1. The minimum atomic E-state index is -0.528. The van der Waals surface area contributed by atoms with Crippen molar-refractivity contribution < 1.29 is 19.1 Å². The summed E-state index contributed by atoms with van der Waals surface area (Å²) in [4.78, 5) is 24.2. The van der Waals surface area contributed by atoms with Crippen LogP contribution in [0, 0.1) is 5.41 Å². The Hall–Kier alpha value is -2.08. The van der Waals surface area contributed by atoms with Crippen LogP contribution in [0.4, 0.5) is 4.79 Å². The zero-order chi connectivity index (χ0) is 16.3. The van der Waals surface area contributed by atoms with Gasteiger partial charge in [0.2, 0.25) is 0 Å². The van der Waals surface area contributed by atoms with Gasteiger partial charge < -0.3 is 20.1 Å². The number of benzene rings is 1. The van der Waals surface area contributed by atoms with Gasteiger partial charge in [-0.15, -0.1) is 0 Å². The Labute approximate surface area is 135 Å². The molecule has 1 aromatic carbocycles. The van der Waals surface area contributed by atoms with Gasteiger partial charge in [-0.25, -0.2) is 4.79 Å². The van der Waals surface area contributed by atoms with E-state index in [1.165, 1.54) is 7.11 Å². The summed E-state index contributed by atoms with van der Waals surface area (Å²) < 4.78 is 10.2. The second-order valence-electron chi connectivity index (χ2n) is 6.52. The third-order valence-electron chi connectivity index (χ3n) is 4.88. The maximum absolute atomic E-state index is 12.1. The number of nitrogens with one attached hydrogen (secondary N) is 2. The molecule has 6 heteroatoms. The van der Waals surface area contributed by atoms with Crippen LogP contribution in [-0.4, -0.2) is 37.8 Å². The molecule has 1 saturated heterocycles. The van der Waals surface area contributed by atoms with E-state index in [1.54, 1.807) is 0 Å². The summed E-state index contributed by atoms with van der Waals surface area (Å²) in [7, 11) is 1.41. The number of esters is 1. The number of methoxy groups -OCH3 is 1. The molecule has 0 aromatic heterocycles. The predicted octanol–water partition coefficient (Wildman–Crippen LogP) is 1.60. The molecule has 0 radical (unpaired) electrons. The van der Waals surface area contributed by atoms with E-state index in [0.29, 0.717) is 25.9 Å². The van der Waals surface area contributed by atoms with Crippen LogP contribution >= 0.6 is 0 Å². The summed E-state index contributed by atoms with van der Waals surface area (Å²) in [5, 5.41) is 6.22. The van der Waals surface area contributed by atoms with E-state index in [4.69, 9.17) is 9.47 Å². The molecule has 2 atom stereocenters. The molecule has 2 fully saturated rings. The average Bonchev–Trinajstić information content (AvgIpc) is 2.84. The van der Waals surface area contributed by atoms with Gasteiger partial charge in [0.05, 0.1) is 18.1 Å². The van der Waals surface area contributed by atoms with E-state index in [-0.39, 0.29) is 12.6 Å². The molecular formula is C17H22N2O4. The Morgan fingerprint density at radius 3 is 2.74 bits per heavy atom. The Morgan fingerprint density at radius 1 is 1.22 bits per heavy atom. The third-order valence-corrected chi connectivity index (χ3v) is 4.88. The fourth-order valence-corrected chi connectivity index (χ4v) is 3.74. The van der Waals surface area contributed by atoms with Crippen molar-refractivity contribution in [2.75, 3.05) is 20.2 Å². The van der Waals surface area contributed by atoms with E-state index >= 15 is 0 Å². The van der Waals surface area contributed by atoms with Gasteiger partial charge in [0, 0.05) is 13.1 Å². The van der Waals surface area contributed by atoms with E-state index in [9.17, 15) is 9.59 Å². The Balaban J connectivity index is 1.59. The normalized spacial score (nSPS) is 28.9. The fourth-order valence-electron chi connectivity index (χ4n) is 3.74. The van der Waals surface area contributed by atoms with Crippen LogP contribution in [0.25, 0.3) is 0 Å². The van der Waals surface area contributed by atoms with Crippen molar-refractivity contribution in [3.05, 3.63) is 35.9 Å². The van der Waals surface area contributed by atoms with Crippen LogP contribution in [0.5, 0.6) is 0 Å². The fraction of sp³-hybridized carbons (Fsp3) is 0.529. The smallest absolute Gasteiger partial charge is 0.407 e. The monoisotopic (exact) mass is 318 g/mol. The van der Waals surface area contributed by atoms with Crippen LogP contribution in [0.15, 0.2) is 30.3 Å². The second-order valence-corrected chi connectivity index (χ2v) is 6.52. The lowest BCUT2D eigenvalue weighted by Gasteiger charge is -2.38. The highest BCUT2D eigenvalue weighted by molar-refractivity contribution is 5.78. The first-order chi connectivity index (χ1) is 11.1. The molecular weight excluding hydrogens is 296 g/mol. The molecule has 3 rings (SSSR count). The SMILES string of the molecule is COC(=O)C12CCC(NC(=O)OCc3ccccc3)(CNC1)C2. The van der Waals surface area contributed by atoms with Gasteiger partial charge in [-0.3, -0.25) is 4.79 Å². The molecule has 2 unspecified atom stereocenters. The first kappa shape index (κ1) is 15.8. The van der Waals surface area contributed by atoms with Crippen molar-refractivity contribution in [2.24, 2.45) is 5.41 Å². The van der Waals surface area contributed by atoms with Crippen LogP contribution < -0.4 is 10.6 Å². The zero-order valence-corrected chi connectivity index (χ0v) is 13.3. The molecule has 1 aliphatic heterocycles. The highest BCUT2D eigenvalue weighted by atomic mass is 16.5. The number of hydrogen-bond donors (Lipinski definition) is 2. The summed E-state index contributed by atoms with van der Waals surface area (Å²) >= 11 is 0. The molecule has 23 heavy (non-hydrogen) atoms. The van der Waals surface area contributed by atoms with E-state index in [1.807, 2.05) is 30.3 Å². The van der Waals surface area contributed by atoms with E-state index in [2.05, 4.69) is 10.6 Å². The van der Waals surface area contributed by atoms with Gasteiger partial charge in [0.25, 0.3) is 0 Å². The lowest BCUT2D eigenvalue weighted by Crippen LogP contribution is -2.59. The van der Waals surface area contributed by atoms with Crippen molar-refractivity contribution in [1.29, 1.82) is 0 Å². The Morgan fingerprint density at radius 2 is 2.00 bits per heavy atom. The molecule has 2 N–H and O–H groups in total. The summed E-state index contributed by atoms with van der Waals surface area (Å²) in [6.45, 7) is 1.48. The van der Waals surface area contributed by atoms with E-state index < -0.39 is 17.0 Å². The average molecular weight is 318 g/mol. The predicted molar refractivity (Wildman–Crippen MR) is 83.7 cm³/mol. The van der Waals surface area contributed by atoms with Gasteiger partial charge in [-0.1, -0.05) is 30.3 Å². The summed E-state index contributed by atoms with van der Waals surface area (Å²) in [6.07, 6.45) is 1.61. The third kappa shape index (κ3) is 3.17.